The Hall–Kier alpha value is -4.48. The molecule has 0 saturated carbocycles. The molecule has 11 heteroatoms. The lowest BCUT2D eigenvalue weighted by molar-refractivity contribution is -0.384. The SMILES string of the molecule is COc1cc(-c2cccc([N+](=O)[O-])c2)ccc1-c1nc2c(cc(S(=O)(=O)O)c3cccc(O)c32)[nH]1. The summed E-state index contributed by atoms with van der Waals surface area (Å²) in [5.41, 5.74) is 2.40. The van der Waals surface area contributed by atoms with Crippen LogP contribution in [-0.4, -0.2) is 40.1 Å². The van der Waals surface area contributed by atoms with E-state index in [0.717, 1.165) is 0 Å². The predicted octanol–water partition coefficient (Wildman–Crippen LogP) is 4.92. The number of aromatic nitrogens is 2. The molecule has 0 saturated heterocycles. The topological polar surface area (TPSA) is 156 Å². The third-order valence-electron chi connectivity index (χ3n) is 5.68. The lowest BCUT2D eigenvalue weighted by Gasteiger charge is -2.09. The van der Waals surface area contributed by atoms with Crippen molar-refractivity contribution >= 4 is 37.6 Å². The minimum absolute atomic E-state index is 0.0378. The maximum Gasteiger partial charge on any atom is 0.295 e. The molecule has 0 aliphatic carbocycles. The van der Waals surface area contributed by atoms with Gasteiger partial charge in [-0.15, -0.1) is 0 Å². The molecule has 0 unspecified atom stereocenters. The number of fused-ring (bicyclic) bond motifs is 3. The number of aromatic amines is 1. The molecule has 1 aromatic heterocycles. The molecule has 0 aliphatic rings. The van der Waals surface area contributed by atoms with E-state index in [1.807, 2.05) is 0 Å². The Kier molecular flexibility index (Phi) is 5.15. The van der Waals surface area contributed by atoms with Gasteiger partial charge in [-0.1, -0.05) is 30.3 Å². The van der Waals surface area contributed by atoms with Crippen molar-refractivity contribution in [2.45, 2.75) is 4.90 Å². The van der Waals surface area contributed by atoms with E-state index in [9.17, 15) is 28.2 Å². The molecular weight excluding hydrogens is 474 g/mol. The highest BCUT2D eigenvalue weighted by molar-refractivity contribution is 7.86. The number of nitrogens with zero attached hydrogens (tertiary/aromatic N) is 2. The van der Waals surface area contributed by atoms with Crippen molar-refractivity contribution in [1.82, 2.24) is 9.97 Å². The Bertz CT molecular complexity index is 1760. The van der Waals surface area contributed by atoms with Crippen molar-refractivity contribution in [2.75, 3.05) is 7.11 Å². The molecule has 4 aromatic carbocycles. The van der Waals surface area contributed by atoms with Crippen LogP contribution in [-0.2, 0) is 10.1 Å². The van der Waals surface area contributed by atoms with Crippen molar-refractivity contribution < 1.29 is 27.7 Å². The van der Waals surface area contributed by atoms with Crippen LogP contribution in [0.4, 0.5) is 5.69 Å². The van der Waals surface area contributed by atoms with Gasteiger partial charge >= 0.3 is 0 Å². The van der Waals surface area contributed by atoms with Crippen LogP contribution < -0.4 is 4.74 Å². The number of aromatic hydroxyl groups is 1. The molecule has 1 heterocycles. The minimum atomic E-state index is -4.58. The van der Waals surface area contributed by atoms with Crippen LogP contribution in [0, 0.1) is 10.1 Å². The first-order chi connectivity index (χ1) is 16.7. The van der Waals surface area contributed by atoms with Crippen molar-refractivity contribution in [3.05, 3.63) is 76.8 Å². The van der Waals surface area contributed by atoms with Crippen molar-refractivity contribution in [3.63, 3.8) is 0 Å². The summed E-state index contributed by atoms with van der Waals surface area (Å²) < 4.78 is 39.3. The summed E-state index contributed by atoms with van der Waals surface area (Å²) in [5.74, 6) is 0.556. The van der Waals surface area contributed by atoms with E-state index >= 15 is 0 Å². The maximum atomic E-state index is 12.0. The van der Waals surface area contributed by atoms with Crippen LogP contribution in [0.5, 0.6) is 11.5 Å². The van der Waals surface area contributed by atoms with Crippen molar-refractivity contribution in [1.29, 1.82) is 0 Å². The van der Waals surface area contributed by atoms with Gasteiger partial charge in [0.25, 0.3) is 15.8 Å². The highest BCUT2D eigenvalue weighted by Gasteiger charge is 2.22. The molecule has 10 nitrogen and oxygen atoms in total. The normalized spacial score (nSPS) is 11.7. The van der Waals surface area contributed by atoms with Gasteiger partial charge in [0.1, 0.15) is 27.7 Å². The number of hydrogen-bond donors (Lipinski definition) is 3. The summed E-state index contributed by atoms with van der Waals surface area (Å²) in [5, 5.41) is 21.9. The summed E-state index contributed by atoms with van der Waals surface area (Å²) in [6, 6.07) is 17.0. The Morgan fingerprint density at radius 2 is 1.77 bits per heavy atom. The van der Waals surface area contributed by atoms with Crippen LogP contribution in [0.25, 0.3) is 44.3 Å². The number of imidazole rings is 1. The zero-order valence-corrected chi connectivity index (χ0v) is 18.9. The van der Waals surface area contributed by atoms with Crippen molar-refractivity contribution in [2.24, 2.45) is 0 Å². The average Bonchev–Trinajstić information content (AvgIpc) is 3.26. The molecule has 176 valence electrons. The van der Waals surface area contributed by atoms with E-state index in [1.54, 1.807) is 30.3 Å². The van der Waals surface area contributed by atoms with Gasteiger partial charge in [0, 0.05) is 17.5 Å². The third-order valence-corrected chi connectivity index (χ3v) is 6.57. The summed E-state index contributed by atoms with van der Waals surface area (Å²) in [4.78, 5) is 17.9. The molecule has 0 spiro atoms. The molecule has 0 aliphatic heterocycles. The molecule has 5 rings (SSSR count). The van der Waals surface area contributed by atoms with Crippen LogP contribution in [0.1, 0.15) is 0 Å². The van der Waals surface area contributed by atoms with E-state index in [4.69, 9.17) is 4.74 Å². The fraction of sp³-hybridized carbons (Fsp3) is 0.0417. The van der Waals surface area contributed by atoms with Gasteiger partial charge in [0.05, 0.1) is 28.5 Å². The number of phenolic OH excluding ortho intramolecular Hbond substituents is 1. The molecule has 0 atom stereocenters. The molecule has 0 amide bonds. The predicted molar refractivity (Wildman–Crippen MR) is 129 cm³/mol. The molecule has 3 N–H and O–H groups in total. The van der Waals surface area contributed by atoms with E-state index in [-0.39, 0.29) is 32.6 Å². The summed E-state index contributed by atoms with van der Waals surface area (Å²) in [6.45, 7) is 0. The molecule has 0 radical (unpaired) electrons. The highest BCUT2D eigenvalue weighted by Crippen LogP contribution is 2.39. The van der Waals surface area contributed by atoms with Crippen LogP contribution in [0.15, 0.2) is 71.6 Å². The van der Waals surface area contributed by atoms with Gasteiger partial charge in [-0.25, -0.2) is 4.98 Å². The maximum absolute atomic E-state index is 12.0. The number of H-pyrrole nitrogens is 1. The van der Waals surface area contributed by atoms with E-state index in [0.29, 0.717) is 33.8 Å². The molecule has 0 bridgehead atoms. The Labute approximate surface area is 198 Å². The zero-order valence-electron chi connectivity index (χ0n) is 18.1. The van der Waals surface area contributed by atoms with E-state index < -0.39 is 15.0 Å². The summed E-state index contributed by atoms with van der Waals surface area (Å²) >= 11 is 0. The summed E-state index contributed by atoms with van der Waals surface area (Å²) in [6.07, 6.45) is 0. The largest absolute Gasteiger partial charge is 0.507 e. The van der Waals surface area contributed by atoms with Gasteiger partial charge < -0.3 is 14.8 Å². The first kappa shape index (κ1) is 22.3. The monoisotopic (exact) mass is 491 g/mol. The van der Waals surface area contributed by atoms with Crippen LogP contribution in [0.3, 0.4) is 0 Å². The van der Waals surface area contributed by atoms with Gasteiger partial charge in [-0.3, -0.25) is 14.7 Å². The van der Waals surface area contributed by atoms with E-state index in [2.05, 4.69) is 9.97 Å². The average molecular weight is 491 g/mol. The van der Waals surface area contributed by atoms with Gasteiger partial charge in [0.2, 0.25) is 0 Å². The second kappa shape index (κ2) is 8.08. The Balaban J connectivity index is 1.70. The minimum Gasteiger partial charge on any atom is -0.507 e. The lowest BCUT2D eigenvalue weighted by atomic mass is 10.0. The smallest absolute Gasteiger partial charge is 0.295 e. The summed E-state index contributed by atoms with van der Waals surface area (Å²) in [7, 11) is -3.11. The fourth-order valence-electron chi connectivity index (χ4n) is 4.09. The quantitative estimate of drug-likeness (QED) is 0.178. The first-order valence-corrected chi connectivity index (χ1v) is 11.7. The van der Waals surface area contributed by atoms with Crippen molar-refractivity contribution in [3.8, 4) is 34.0 Å². The number of phenols is 1. The number of hydrogen-bond acceptors (Lipinski definition) is 7. The zero-order chi connectivity index (χ0) is 24.9. The molecule has 0 fully saturated rings. The Morgan fingerprint density at radius 1 is 1.03 bits per heavy atom. The number of rotatable bonds is 5. The number of ether oxygens (including phenoxy) is 1. The van der Waals surface area contributed by atoms with Gasteiger partial charge in [0.15, 0.2) is 0 Å². The number of nitro groups is 1. The lowest BCUT2D eigenvalue weighted by Crippen LogP contribution is -1.99. The number of methoxy groups -OCH3 is 1. The number of non-ortho nitro benzene ring substituents is 1. The number of nitrogens with one attached hydrogen (secondary N) is 1. The molecular formula is C24H17N3O7S. The number of benzene rings is 4. The number of nitro benzene ring substituents is 1. The van der Waals surface area contributed by atoms with Crippen LogP contribution >= 0.6 is 0 Å². The first-order valence-electron chi connectivity index (χ1n) is 10.2. The molecule has 35 heavy (non-hydrogen) atoms. The fourth-order valence-corrected chi connectivity index (χ4v) is 4.81. The van der Waals surface area contributed by atoms with Gasteiger partial charge in [-0.05, 0) is 35.4 Å². The standard InChI is InChI=1S/C24H17N3O7S/c1-34-20-11-14(13-4-2-5-15(10-13)27(29)30)8-9-16(20)24-25-18-12-21(35(31,32)33)17-6-3-7-19(28)22(17)23(18)26-24/h2-12,28H,1H3,(H,25,26)(H,31,32,33). The molecule has 5 aromatic rings. The van der Waals surface area contributed by atoms with E-state index in [1.165, 1.54) is 43.5 Å². The highest BCUT2D eigenvalue weighted by atomic mass is 32.2. The second-order valence-electron chi connectivity index (χ2n) is 7.75. The third kappa shape index (κ3) is 3.82. The second-order valence-corrected chi connectivity index (χ2v) is 9.14. The Morgan fingerprint density at radius 3 is 2.49 bits per heavy atom. The van der Waals surface area contributed by atoms with Crippen LogP contribution in [0.2, 0.25) is 0 Å². The van der Waals surface area contributed by atoms with Gasteiger partial charge in [-0.2, -0.15) is 8.42 Å².